The number of hydrogen-bond donors (Lipinski definition) is 0. The van der Waals surface area contributed by atoms with E-state index in [1.165, 1.54) is 20.8 Å². The van der Waals surface area contributed by atoms with Gasteiger partial charge < -0.3 is 14.4 Å². The van der Waals surface area contributed by atoms with Gasteiger partial charge in [0, 0.05) is 32.1 Å². The molecule has 0 rings (SSSR count). The monoisotopic (exact) mass is 268 g/mol. The van der Waals surface area contributed by atoms with Crippen LogP contribution in [0.15, 0.2) is 0 Å². The Morgan fingerprint density at radius 1 is 0.737 bits per heavy atom. The van der Waals surface area contributed by atoms with E-state index in [0.29, 0.717) is 6.42 Å². The van der Waals surface area contributed by atoms with Crippen LogP contribution in [0.1, 0.15) is 66.2 Å². The number of Topliss-reactive ketones (excluding diaryl/α,β-unsaturated/α-hetero) is 4. The SMILES string of the molecule is CCCC(=O)CC(CC(C)=O)(CC(C)=O)CC(C)=O. The molecular formula is C15H24O4. The molecule has 0 unspecified atom stereocenters. The number of carbonyl (C=O) groups excluding carboxylic acids is 4. The van der Waals surface area contributed by atoms with E-state index in [4.69, 9.17) is 0 Å². The fourth-order valence-electron chi connectivity index (χ4n) is 2.74. The van der Waals surface area contributed by atoms with Crippen molar-refractivity contribution in [3.63, 3.8) is 0 Å². The van der Waals surface area contributed by atoms with Gasteiger partial charge in [-0.2, -0.15) is 0 Å². The minimum atomic E-state index is -0.810. The van der Waals surface area contributed by atoms with Crippen molar-refractivity contribution in [2.75, 3.05) is 0 Å². The first-order valence-corrected chi connectivity index (χ1v) is 6.71. The summed E-state index contributed by atoms with van der Waals surface area (Å²) in [6, 6.07) is 0. The first kappa shape index (κ1) is 17.7. The third-order valence-corrected chi connectivity index (χ3v) is 2.97. The van der Waals surface area contributed by atoms with Crippen molar-refractivity contribution in [2.24, 2.45) is 5.41 Å². The Labute approximate surface area is 114 Å². The van der Waals surface area contributed by atoms with E-state index in [-0.39, 0.29) is 48.8 Å². The van der Waals surface area contributed by atoms with Crippen LogP contribution in [0.25, 0.3) is 0 Å². The van der Waals surface area contributed by atoms with Crippen molar-refractivity contribution in [1.82, 2.24) is 0 Å². The zero-order valence-electron chi connectivity index (χ0n) is 12.4. The van der Waals surface area contributed by atoms with Crippen molar-refractivity contribution in [1.29, 1.82) is 0 Å². The summed E-state index contributed by atoms with van der Waals surface area (Å²) in [5, 5.41) is 0. The van der Waals surface area contributed by atoms with Crippen LogP contribution in [0.2, 0.25) is 0 Å². The van der Waals surface area contributed by atoms with Crippen molar-refractivity contribution < 1.29 is 19.2 Å². The topological polar surface area (TPSA) is 68.3 Å². The van der Waals surface area contributed by atoms with Gasteiger partial charge >= 0.3 is 0 Å². The van der Waals surface area contributed by atoms with Crippen LogP contribution in [0.4, 0.5) is 0 Å². The van der Waals surface area contributed by atoms with Crippen molar-refractivity contribution in [3.8, 4) is 0 Å². The van der Waals surface area contributed by atoms with E-state index < -0.39 is 5.41 Å². The van der Waals surface area contributed by atoms with Crippen LogP contribution in [0, 0.1) is 5.41 Å². The van der Waals surface area contributed by atoms with Gasteiger partial charge in [0.25, 0.3) is 0 Å². The lowest BCUT2D eigenvalue weighted by atomic mass is 9.71. The number of hydrogen-bond acceptors (Lipinski definition) is 4. The third-order valence-electron chi connectivity index (χ3n) is 2.97. The average Bonchev–Trinajstić information content (AvgIpc) is 2.12. The lowest BCUT2D eigenvalue weighted by molar-refractivity contribution is -0.128. The summed E-state index contributed by atoms with van der Waals surface area (Å²) in [4.78, 5) is 46.2. The molecule has 0 amide bonds. The molecule has 0 aromatic heterocycles. The molecule has 0 aliphatic heterocycles. The smallest absolute Gasteiger partial charge is 0.133 e. The highest BCUT2D eigenvalue weighted by molar-refractivity contribution is 5.87. The zero-order valence-corrected chi connectivity index (χ0v) is 12.4. The minimum absolute atomic E-state index is 0.0197. The van der Waals surface area contributed by atoms with E-state index in [2.05, 4.69) is 0 Å². The maximum atomic E-state index is 11.9. The van der Waals surface area contributed by atoms with E-state index in [1.807, 2.05) is 6.92 Å². The summed E-state index contributed by atoms with van der Waals surface area (Å²) in [6.07, 6.45) is 1.63. The van der Waals surface area contributed by atoms with E-state index in [0.717, 1.165) is 6.42 Å². The minimum Gasteiger partial charge on any atom is -0.300 e. The molecule has 0 aromatic rings. The van der Waals surface area contributed by atoms with Gasteiger partial charge in [-0.15, -0.1) is 0 Å². The highest BCUT2D eigenvalue weighted by Crippen LogP contribution is 2.36. The Balaban J connectivity index is 5.20. The second-order valence-electron chi connectivity index (χ2n) is 5.60. The molecule has 0 aliphatic rings. The van der Waals surface area contributed by atoms with Gasteiger partial charge in [-0.05, 0) is 32.6 Å². The molecule has 0 aliphatic carbocycles. The van der Waals surface area contributed by atoms with Gasteiger partial charge in [0.2, 0.25) is 0 Å². The zero-order chi connectivity index (χ0) is 15.1. The lowest BCUT2D eigenvalue weighted by Gasteiger charge is -2.30. The van der Waals surface area contributed by atoms with Gasteiger partial charge in [0.15, 0.2) is 0 Å². The molecule has 0 aromatic carbocycles. The van der Waals surface area contributed by atoms with Gasteiger partial charge in [-0.1, -0.05) is 6.92 Å². The number of carbonyl (C=O) groups is 4. The summed E-state index contributed by atoms with van der Waals surface area (Å²) >= 11 is 0. The second kappa shape index (κ2) is 7.97. The average molecular weight is 268 g/mol. The molecule has 0 spiro atoms. The Morgan fingerprint density at radius 2 is 1.11 bits per heavy atom. The normalized spacial score (nSPS) is 11.2. The van der Waals surface area contributed by atoms with E-state index >= 15 is 0 Å². The number of rotatable bonds is 10. The lowest BCUT2D eigenvalue weighted by Crippen LogP contribution is -2.31. The van der Waals surface area contributed by atoms with E-state index in [9.17, 15) is 19.2 Å². The third kappa shape index (κ3) is 7.65. The van der Waals surface area contributed by atoms with Gasteiger partial charge in [-0.3, -0.25) is 4.79 Å². The molecule has 0 N–H and O–H groups in total. The van der Waals surface area contributed by atoms with Crippen LogP contribution in [-0.4, -0.2) is 23.1 Å². The molecular weight excluding hydrogens is 244 g/mol. The molecule has 4 heteroatoms. The van der Waals surface area contributed by atoms with E-state index in [1.54, 1.807) is 0 Å². The van der Waals surface area contributed by atoms with Gasteiger partial charge in [0.1, 0.15) is 23.1 Å². The second-order valence-corrected chi connectivity index (χ2v) is 5.60. The summed E-state index contributed by atoms with van der Waals surface area (Å²) < 4.78 is 0. The molecule has 0 saturated carbocycles. The maximum Gasteiger partial charge on any atom is 0.133 e. The molecule has 0 radical (unpaired) electrons. The molecule has 0 heterocycles. The van der Waals surface area contributed by atoms with Crippen molar-refractivity contribution >= 4 is 23.1 Å². The van der Waals surface area contributed by atoms with Gasteiger partial charge in [0.05, 0.1) is 0 Å². The van der Waals surface area contributed by atoms with Crippen molar-refractivity contribution in [2.45, 2.75) is 66.2 Å². The fraction of sp³-hybridized carbons (Fsp3) is 0.733. The number of ketones is 4. The first-order chi connectivity index (χ1) is 8.70. The van der Waals surface area contributed by atoms with Gasteiger partial charge in [-0.25, -0.2) is 0 Å². The summed E-state index contributed by atoms with van der Waals surface area (Å²) in [6.45, 7) is 6.19. The van der Waals surface area contributed by atoms with Crippen LogP contribution in [-0.2, 0) is 19.2 Å². The first-order valence-electron chi connectivity index (χ1n) is 6.71. The Hall–Kier alpha value is -1.32. The van der Waals surface area contributed by atoms with Crippen LogP contribution in [0.5, 0.6) is 0 Å². The van der Waals surface area contributed by atoms with Crippen LogP contribution >= 0.6 is 0 Å². The summed E-state index contributed by atoms with van der Waals surface area (Å²) in [5.41, 5.74) is -0.810. The molecule has 108 valence electrons. The van der Waals surface area contributed by atoms with Crippen LogP contribution in [0.3, 0.4) is 0 Å². The molecule has 0 bridgehead atoms. The fourth-order valence-corrected chi connectivity index (χ4v) is 2.74. The summed E-state index contributed by atoms with van der Waals surface area (Å²) in [5.74, 6) is -0.253. The predicted molar refractivity (Wildman–Crippen MR) is 72.9 cm³/mol. The quantitative estimate of drug-likeness (QED) is 0.611. The van der Waals surface area contributed by atoms with Crippen LogP contribution < -0.4 is 0 Å². The highest BCUT2D eigenvalue weighted by atomic mass is 16.1. The molecule has 0 atom stereocenters. The Morgan fingerprint density at radius 3 is 1.37 bits per heavy atom. The predicted octanol–water partition coefficient (Wildman–Crippen LogP) is 2.67. The molecule has 0 saturated heterocycles. The van der Waals surface area contributed by atoms with Crippen molar-refractivity contribution in [3.05, 3.63) is 0 Å². The largest absolute Gasteiger partial charge is 0.300 e. The molecule has 4 nitrogen and oxygen atoms in total. The summed E-state index contributed by atoms with van der Waals surface area (Å²) in [7, 11) is 0. The standard InChI is InChI=1S/C15H24O4/c1-5-6-14(19)10-15(7-11(2)16,8-12(3)17)9-13(4)18/h5-10H2,1-4H3. The molecule has 19 heavy (non-hydrogen) atoms. The highest BCUT2D eigenvalue weighted by Gasteiger charge is 2.36. The maximum absolute atomic E-state index is 11.9. The molecule has 0 fully saturated rings. The Kier molecular flexibility index (Phi) is 7.42. The Bertz CT molecular complexity index is 328.